The summed E-state index contributed by atoms with van der Waals surface area (Å²) in [6.45, 7) is 12.2. The lowest BCUT2D eigenvalue weighted by Crippen LogP contribution is -2.51. The lowest BCUT2D eigenvalue weighted by atomic mass is 10.1. The Labute approximate surface area is 250 Å². The van der Waals surface area contributed by atoms with Gasteiger partial charge in [-0.15, -0.1) is 0 Å². The number of fused-ring (bicyclic) bond motifs is 4. The third-order valence-corrected chi connectivity index (χ3v) is 8.33. The van der Waals surface area contributed by atoms with Crippen molar-refractivity contribution >= 4 is 43.4 Å². The molecule has 3 fully saturated rings. The Hall–Kier alpha value is -3.22. The molecule has 3 aliphatic heterocycles. The van der Waals surface area contributed by atoms with Crippen LogP contribution in [0.3, 0.4) is 0 Å². The highest BCUT2D eigenvalue weighted by atomic mass is 32.1. The van der Waals surface area contributed by atoms with Gasteiger partial charge in [0.05, 0.1) is 22.7 Å². The smallest absolute Gasteiger partial charge is 0.318 e. The number of nitrogens with two attached hydrogens (primary N) is 1. The molecule has 0 spiro atoms. The zero-order chi connectivity index (χ0) is 30.4. The van der Waals surface area contributed by atoms with E-state index in [1.807, 2.05) is 27.7 Å². The first-order valence-corrected chi connectivity index (χ1v) is 15.7. The van der Waals surface area contributed by atoms with Crippen molar-refractivity contribution in [2.24, 2.45) is 0 Å². The molecule has 228 valence electrons. The molecule has 3 aliphatic rings. The SMILES string of the molecule is CC.CC.CN1CCCC1.COc1nc(N2CC3CCC(C2)N3)c2cnc(-c3ccc(F)c4sc(N)nc34)c(F)c2n1. The van der Waals surface area contributed by atoms with Crippen LogP contribution in [0.1, 0.15) is 53.4 Å². The van der Waals surface area contributed by atoms with Gasteiger partial charge in [0.15, 0.2) is 10.9 Å². The zero-order valence-electron chi connectivity index (χ0n) is 25.4. The predicted molar refractivity (Wildman–Crippen MR) is 168 cm³/mol. The van der Waals surface area contributed by atoms with Crippen LogP contribution in [0.4, 0.5) is 19.7 Å². The summed E-state index contributed by atoms with van der Waals surface area (Å²) in [5, 5.41) is 4.28. The molecule has 2 atom stereocenters. The van der Waals surface area contributed by atoms with Gasteiger partial charge in [0.1, 0.15) is 22.8 Å². The van der Waals surface area contributed by atoms with Gasteiger partial charge < -0.3 is 25.6 Å². The van der Waals surface area contributed by atoms with Crippen molar-refractivity contribution in [3.63, 3.8) is 0 Å². The quantitative estimate of drug-likeness (QED) is 0.298. The van der Waals surface area contributed by atoms with E-state index in [1.165, 1.54) is 45.2 Å². The largest absolute Gasteiger partial charge is 0.467 e. The number of rotatable bonds is 3. The third-order valence-electron chi connectivity index (χ3n) is 7.44. The van der Waals surface area contributed by atoms with Crippen molar-refractivity contribution in [2.75, 3.05) is 51.0 Å². The normalized spacial score (nSPS) is 19.5. The van der Waals surface area contributed by atoms with Crippen LogP contribution < -0.4 is 20.7 Å². The van der Waals surface area contributed by atoms with Gasteiger partial charge in [-0.1, -0.05) is 39.0 Å². The molecule has 7 rings (SSSR count). The number of pyridine rings is 1. The van der Waals surface area contributed by atoms with E-state index in [1.54, 1.807) is 6.20 Å². The van der Waals surface area contributed by atoms with Crippen LogP contribution in [0, 0.1) is 11.6 Å². The molecule has 6 heterocycles. The number of piperazine rings is 1. The number of nitrogens with one attached hydrogen (secondary N) is 1. The van der Waals surface area contributed by atoms with Gasteiger partial charge in [0.25, 0.3) is 0 Å². The summed E-state index contributed by atoms with van der Waals surface area (Å²) >= 11 is 1.01. The van der Waals surface area contributed by atoms with E-state index < -0.39 is 11.6 Å². The van der Waals surface area contributed by atoms with Gasteiger partial charge in [-0.05, 0) is 58.0 Å². The van der Waals surface area contributed by atoms with Crippen LogP contribution in [0.25, 0.3) is 32.4 Å². The molecule has 42 heavy (non-hydrogen) atoms. The highest BCUT2D eigenvalue weighted by Crippen LogP contribution is 2.38. The highest BCUT2D eigenvalue weighted by Gasteiger charge is 2.34. The molecule has 2 unspecified atom stereocenters. The predicted octanol–water partition coefficient (Wildman–Crippen LogP) is 5.88. The second kappa shape index (κ2) is 14.3. The molecular formula is C30H42F2N8OS. The average Bonchev–Trinajstić information content (AvgIpc) is 3.75. The first kappa shape index (κ1) is 31.7. The number of hydrogen-bond donors (Lipinski definition) is 2. The zero-order valence-corrected chi connectivity index (χ0v) is 26.2. The molecule has 9 nitrogen and oxygen atoms in total. The van der Waals surface area contributed by atoms with E-state index in [4.69, 9.17) is 10.5 Å². The Balaban J connectivity index is 0.000000352. The summed E-state index contributed by atoms with van der Waals surface area (Å²) in [5.41, 5.74) is 6.54. The Kier molecular flexibility index (Phi) is 10.8. The topological polar surface area (TPSA) is 105 Å². The Morgan fingerprint density at radius 3 is 2.24 bits per heavy atom. The van der Waals surface area contributed by atoms with E-state index in [0.29, 0.717) is 28.9 Å². The maximum Gasteiger partial charge on any atom is 0.318 e. The molecule has 0 amide bonds. The fourth-order valence-electron chi connectivity index (χ4n) is 5.57. The van der Waals surface area contributed by atoms with Crippen molar-refractivity contribution in [1.29, 1.82) is 0 Å². The maximum absolute atomic E-state index is 15.8. The van der Waals surface area contributed by atoms with Crippen molar-refractivity contribution in [2.45, 2.75) is 65.5 Å². The summed E-state index contributed by atoms with van der Waals surface area (Å²) in [6.07, 6.45) is 6.61. The van der Waals surface area contributed by atoms with Crippen LogP contribution in [-0.2, 0) is 0 Å². The van der Waals surface area contributed by atoms with E-state index in [9.17, 15) is 4.39 Å². The number of ether oxygens (including phenoxy) is 1. The van der Waals surface area contributed by atoms with Gasteiger partial charge in [0, 0.05) is 36.9 Å². The molecule has 0 radical (unpaired) electrons. The lowest BCUT2D eigenvalue weighted by molar-refractivity contribution is 0.380. The number of anilines is 2. The maximum atomic E-state index is 15.8. The minimum atomic E-state index is -0.637. The Morgan fingerprint density at radius 2 is 1.64 bits per heavy atom. The number of nitrogens with zero attached hydrogens (tertiary/aromatic N) is 6. The second-order valence-electron chi connectivity index (χ2n) is 10.1. The van der Waals surface area contributed by atoms with Crippen LogP contribution in [0.2, 0.25) is 0 Å². The van der Waals surface area contributed by atoms with Gasteiger partial charge in [-0.2, -0.15) is 9.97 Å². The lowest BCUT2D eigenvalue weighted by Gasteiger charge is -2.34. The minimum Gasteiger partial charge on any atom is -0.467 e. The van der Waals surface area contributed by atoms with Crippen molar-refractivity contribution in [3.8, 4) is 17.3 Å². The molecular weight excluding hydrogens is 558 g/mol. The first-order chi connectivity index (χ1) is 20.4. The number of thiazole rings is 1. The van der Waals surface area contributed by atoms with Gasteiger partial charge in [-0.25, -0.2) is 13.8 Å². The van der Waals surface area contributed by atoms with Crippen molar-refractivity contribution < 1.29 is 13.5 Å². The number of aromatic nitrogens is 4. The summed E-state index contributed by atoms with van der Waals surface area (Å²) < 4.78 is 35.6. The molecule has 3 aromatic heterocycles. The first-order valence-electron chi connectivity index (χ1n) is 14.9. The van der Waals surface area contributed by atoms with E-state index in [2.05, 4.69) is 42.1 Å². The van der Waals surface area contributed by atoms with Crippen LogP contribution in [-0.4, -0.2) is 77.3 Å². The van der Waals surface area contributed by atoms with E-state index in [-0.39, 0.29) is 32.6 Å². The summed E-state index contributed by atoms with van der Waals surface area (Å²) in [7, 11) is 3.63. The van der Waals surface area contributed by atoms with Crippen LogP contribution >= 0.6 is 11.3 Å². The molecule has 3 saturated heterocycles. The third kappa shape index (κ3) is 6.55. The molecule has 2 bridgehead atoms. The summed E-state index contributed by atoms with van der Waals surface area (Å²) in [5.74, 6) is -0.494. The van der Waals surface area contributed by atoms with Crippen LogP contribution in [0.5, 0.6) is 6.01 Å². The highest BCUT2D eigenvalue weighted by molar-refractivity contribution is 7.22. The minimum absolute atomic E-state index is 0.0277. The number of nitrogen functional groups attached to an aromatic ring is 1. The molecule has 12 heteroatoms. The second-order valence-corrected chi connectivity index (χ2v) is 11.1. The van der Waals surface area contributed by atoms with Crippen molar-refractivity contribution in [1.82, 2.24) is 30.2 Å². The number of methoxy groups -OCH3 is 1. The number of benzene rings is 1. The fourth-order valence-corrected chi connectivity index (χ4v) is 6.33. The molecule has 0 saturated carbocycles. The fraction of sp³-hybridized carbons (Fsp3) is 0.533. The van der Waals surface area contributed by atoms with Gasteiger partial charge in [-0.3, -0.25) is 4.98 Å². The average molecular weight is 601 g/mol. The standard InChI is InChI=1S/C21H19F2N7OS.C5H11N.2C2H6/c1-31-21-28-16-12(19(29-21)30-7-9-2-3-10(8-30)26-9)6-25-15(14(16)23)11-4-5-13(22)18-17(11)27-20(24)32-18;1-6-4-2-3-5-6;2*1-2/h4-6,9-10,26H,2-3,7-8H2,1H3,(H2,24,27);2-5H2,1H3;2*1-2H3. The van der Waals surface area contributed by atoms with E-state index >= 15 is 4.39 Å². The van der Waals surface area contributed by atoms with Gasteiger partial charge >= 0.3 is 6.01 Å². The summed E-state index contributed by atoms with van der Waals surface area (Å²) in [6, 6.07) is 3.57. The Bertz CT molecular complexity index is 1480. The monoisotopic (exact) mass is 600 g/mol. The summed E-state index contributed by atoms with van der Waals surface area (Å²) in [4.78, 5) is 21.9. The Morgan fingerprint density at radius 1 is 0.976 bits per heavy atom. The molecule has 1 aromatic carbocycles. The molecule has 3 N–H and O–H groups in total. The van der Waals surface area contributed by atoms with Gasteiger partial charge in [0.2, 0.25) is 0 Å². The number of halogens is 2. The number of hydrogen-bond acceptors (Lipinski definition) is 10. The van der Waals surface area contributed by atoms with Crippen LogP contribution in [0.15, 0.2) is 18.3 Å². The molecule has 4 aromatic rings. The molecule has 0 aliphatic carbocycles. The van der Waals surface area contributed by atoms with Crippen molar-refractivity contribution in [3.05, 3.63) is 30.0 Å². The van der Waals surface area contributed by atoms with E-state index in [0.717, 1.165) is 37.3 Å². The number of likely N-dealkylation sites (tertiary alicyclic amines) is 1.